The first kappa shape index (κ1) is 23.7. The Labute approximate surface area is 206 Å². The van der Waals surface area contributed by atoms with Crippen molar-refractivity contribution in [2.24, 2.45) is 5.92 Å². The fourth-order valence-electron chi connectivity index (χ4n) is 5.15. The van der Waals surface area contributed by atoms with Crippen LogP contribution in [0, 0.1) is 26.7 Å². The summed E-state index contributed by atoms with van der Waals surface area (Å²) in [5.74, 6) is 0.831. The van der Waals surface area contributed by atoms with Crippen LogP contribution < -0.4 is 10.2 Å². The molecule has 1 unspecified atom stereocenters. The van der Waals surface area contributed by atoms with E-state index in [9.17, 15) is 4.79 Å². The second kappa shape index (κ2) is 10.3. The zero-order chi connectivity index (χ0) is 24.4. The smallest absolute Gasteiger partial charge is 0.224 e. The van der Waals surface area contributed by atoms with Crippen molar-refractivity contribution in [3.8, 4) is 5.69 Å². The fourth-order valence-corrected chi connectivity index (χ4v) is 5.15. The van der Waals surface area contributed by atoms with Crippen molar-refractivity contribution in [3.63, 3.8) is 0 Å². The van der Waals surface area contributed by atoms with E-state index in [4.69, 9.17) is 9.84 Å². The highest BCUT2D eigenvalue weighted by atomic mass is 16.5. The van der Waals surface area contributed by atoms with Gasteiger partial charge in [0, 0.05) is 39.3 Å². The third kappa shape index (κ3) is 5.01. The summed E-state index contributed by atoms with van der Waals surface area (Å²) in [6, 6.07) is 8.36. The Bertz CT molecular complexity index is 1180. The number of benzene rings is 1. The number of ether oxygens (including phenoxy) is 1. The van der Waals surface area contributed by atoms with Gasteiger partial charge in [-0.3, -0.25) is 9.69 Å². The van der Waals surface area contributed by atoms with E-state index in [0.717, 1.165) is 86.0 Å². The predicted octanol–water partition coefficient (Wildman–Crippen LogP) is 2.41. The number of rotatable bonds is 6. The molecule has 3 aromatic rings. The van der Waals surface area contributed by atoms with Crippen LogP contribution in [0.3, 0.4) is 0 Å². The average molecular weight is 478 g/mol. The van der Waals surface area contributed by atoms with Crippen molar-refractivity contribution in [3.05, 3.63) is 41.2 Å². The van der Waals surface area contributed by atoms with Gasteiger partial charge >= 0.3 is 0 Å². The summed E-state index contributed by atoms with van der Waals surface area (Å²) in [5, 5.41) is 18.2. The van der Waals surface area contributed by atoms with E-state index in [2.05, 4.69) is 63.4 Å². The number of aryl methyl sites for hydroxylation is 3. The van der Waals surface area contributed by atoms with Crippen LogP contribution >= 0.6 is 0 Å². The second-order valence-electron chi connectivity index (χ2n) is 9.70. The maximum Gasteiger partial charge on any atom is 0.224 e. The van der Waals surface area contributed by atoms with Crippen LogP contribution in [-0.2, 0) is 9.53 Å². The van der Waals surface area contributed by atoms with E-state index in [1.165, 1.54) is 5.56 Å². The molecule has 2 fully saturated rings. The summed E-state index contributed by atoms with van der Waals surface area (Å²) in [6.45, 7) is 12.6. The summed E-state index contributed by atoms with van der Waals surface area (Å²) < 4.78 is 7.38. The fraction of sp³-hybridized carbons (Fsp3) is 0.538. The van der Waals surface area contributed by atoms with Crippen LogP contribution in [0.25, 0.3) is 16.6 Å². The van der Waals surface area contributed by atoms with Gasteiger partial charge < -0.3 is 15.0 Å². The monoisotopic (exact) mass is 477 g/mol. The minimum absolute atomic E-state index is 0.0631. The van der Waals surface area contributed by atoms with Gasteiger partial charge in [0.2, 0.25) is 5.91 Å². The molecule has 2 aliphatic heterocycles. The number of hydrogen-bond acceptors (Lipinski definition) is 7. The third-order valence-corrected chi connectivity index (χ3v) is 7.19. The van der Waals surface area contributed by atoms with Crippen LogP contribution in [0.15, 0.2) is 24.3 Å². The Hall–Kier alpha value is -3.04. The summed E-state index contributed by atoms with van der Waals surface area (Å²) >= 11 is 0. The van der Waals surface area contributed by atoms with Gasteiger partial charge in [-0.05, 0) is 45.7 Å². The molecule has 1 atom stereocenters. The molecule has 0 radical (unpaired) electrons. The molecule has 1 aromatic carbocycles. The maximum atomic E-state index is 13.0. The van der Waals surface area contributed by atoms with E-state index in [0.29, 0.717) is 13.1 Å². The number of hydrogen-bond donors (Lipinski definition) is 1. The molecular formula is C26H35N7O2. The van der Waals surface area contributed by atoms with E-state index in [-0.39, 0.29) is 11.8 Å². The number of carbonyl (C=O) groups excluding carboxylic acids is 1. The minimum Gasteiger partial charge on any atom is -0.379 e. The predicted molar refractivity (Wildman–Crippen MR) is 136 cm³/mol. The molecule has 1 N–H and O–H groups in total. The lowest BCUT2D eigenvalue weighted by Crippen LogP contribution is -2.46. The topological polar surface area (TPSA) is 88.4 Å². The highest BCUT2D eigenvalue weighted by Gasteiger charge is 2.29. The lowest BCUT2D eigenvalue weighted by Gasteiger charge is -2.33. The molecule has 0 aliphatic carbocycles. The average Bonchev–Trinajstić information content (AvgIpc) is 3.23. The van der Waals surface area contributed by atoms with E-state index in [1.54, 1.807) is 0 Å². The van der Waals surface area contributed by atoms with Gasteiger partial charge in [-0.1, -0.05) is 17.7 Å². The number of aromatic nitrogens is 4. The first-order chi connectivity index (χ1) is 17.0. The highest BCUT2D eigenvalue weighted by Crippen LogP contribution is 2.31. The molecular weight excluding hydrogens is 442 g/mol. The molecule has 186 valence electrons. The van der Waals surface area contributed by atoms with Crippen LogP contribution in [0.5, 0.6) is 0 Å². The number of nitrogens with one attached hydrogen (secondary N) is 1. The standard InChI is InChI=1S/C26H35N7O2/c1-18-6-8-22(9-7-18)33-20(3)23-19(2)28-29-25(24(23)30-33)32-11-4-5-21(17-32)26(34)27-10-12-31-13-15-35-16-14-31/h6-9,21H,4-5,10-17H2,1-3H3,(H,27,34). The zero-order valence-corrected chi connectivity index (χ0v) is 21.0. The lowest BCUT2D eigenvalue weighted by atomic mass is 9.97. The van der Waals surface area contributed by atoms with Crippen LogP contribution in [0.4, 0.5) is 5.82 Å². The quantitative estimate of drug-likeness (QED) is 0.583. The number of amides is 1. The molecule has 9 nitrogen and oxygen atoms in total. The molecule has 0 saturated carbocycles. The van der Waals surface area contributed by atoms with E-state index >= 15 is 0 Å². The molecule has 35 heavy (non-hydrogen) atoms. The van der Waals surface area contributed by atoms with Crippen LogP contribution in [0.1, 0.15) is 29.8 Å². The number of piperidine rings is 1. The largest absolute Gasteiger partial charge is 0.379 e. The molecule has 0 bridgehead atoms. The Balaban J connectivity index is 1.33. The minimum atomic E-state index is -0.0631. The molecule has 1 amide bonds. The Morgan fingerprint density at radius 2 is 1.86 bits per heavy atom. The Morgan fingerprint density at radius 1 is 1.09 bits per heavy atom. The second-order valence-corrected chi connectivity index (χ2v) is 9.70. The first-order valence-electron chi connectivity index (χ1n) is 12.6. The van der Waals surface area contributed by atoms with Gasteiger partial charge in [0.25, 0.3) is 0 Å². The summed E-state index contributed by atoms with van der Waals surface area (Å²) in [5.41, 5.74) is 5.00. The molecule has 4 heterocycles. The van der Waals surface area contributed by atoms with Crippen molar-refractivity contribution in [2.45, 2.75) is 33.6 Å². The van der Waals surface area contributed by atoms with Crippen molar-refractivity contribution in [2.75, 3.05) is 57.4 Å². The number of nitrogens with zero attached hydrogens (tertiary/aromatic N) is 6. The maximum absolute atomic E-state index is 13.0. The zero-order valence-electron chi connectivity index (χ0n) is 21.0. The van der Waals surface area contributed by atoms with Gasteiger partial charge in [-0.25, -0.2) is 4.68 Å². The molecule has 2 saturated heterocycles. The van der Waals surface area contributed by atoms with Crippen molar-refractivity contribution >= 4 is 22.6 Å². The molecule has 2 aromatic heterocycles. The van der Waals surface area contributed by atoms with Crippen molar-refractivity contribution in [1.82, 2.24) is 30.2 Å². The normalized spacial score (nSPS) is 19.3. The number of carbonyl (C=O) groups is 1. The summed E-state index contributed by atoms with van der Waals surface area (Å²) in [7, 11) is 0. The first-order valence-corrected chi connectivity index (χ1v) is 12.6. The van der Waals surface area contributed by atoms with Crippen LogP contribution in [-0.4, -0.2) is 83.3 Å². The number of fused-ring (bicyclic) bond motifs is 1. The molecule has 0 spiro atoms. The summed E-state index contributed by atoms with van der Waals surface area (Å²) in [6.07, 6.45) is 1.83. The van der Waals surface area contributed by atoms with Crippen LogP contribution in [0.2, 0.25) is 0 Å². The molecule has 5 rings (SSSR count). The number of anilines is 1. The summed E-state index contributed by atoms with van der Waals surface area (Å²) in [4.78, 5) is 17.5. The molecule has 9 heteroatoms. The van der Waals surface area contributed by atoms with Gasteiger partial charge in [0.1, 0.15) is 5.52 Å². The Morgan fingerprint density at radius 3 is 2.63 bits per heavy atom. The van der Waals surface area contributed by atoms with Crippen molar-refractivity contribution < 1.29 is 9.53 Å². The van der Waals surface area contributed by atoms with Gasteiger partial charge in [-0.2, -0.15) is 10.2 Å². The van der Waals surface area contributed by atoms with Gasteiger partial charge in [-0.15, -0.1) is 5.10 Å². The third-order valence-electron chi connectivity index (χ3n) is 7.19. The van der Waals surface area contributed by atoms with Crippen molar-refractivity contribution in [1.29, 1.82) is 0 Å². The highest BCUT2D eigenvalue weighted by molar-refractivity contribution is 5.92. The molecule has 2 aliphatic rings. The lowest BCUT2D eigenvalue weighted by molar-refractivity contribution is -0.125. The van der Waals surface area contributed by atoms with Gasteiger partial charge in [0.05, 0.1) is 41.6 Å². The Kier molecular flexibility index (Phi) is 6.97. The number of morpholine rings is 1. The van der Waals surface area contributed by atoms with E-state index < -0.39 is 0 Å². The van der Waals surface area contributed by atoms with Gasteiger partial charge in [0.15, 0.2) is 5.82 Å². The SMILES string of the molecule is Cc1ccc(-n2nc3c(N4CCCC(C(=O)NCCN5CCOCC5)C4)nnc(C)c3c2C)cc1. The van der Waals surface area contributed by atoms with E-state index in [1.807, 2.05) is 11.6 Å².